The smallest absolute Gasteiger partial charge is 0.171 e. The van der Waals surface area contributed by atoms with Crippen molar-refractivity contribution in [2.24, 2.45) is 5.73 Å². The van der Waals surface area contributed by atoms with E-state index < -0.39 is 0 Å². The van der Waals surface area contributed by atoms with Crippen molar-refractivity contribution in [2.75, 3.05) is 25.1 Å². The van der Waals surface area contributed by atoms with Crippen molar-refractivity contribution in [3.63, 3.8) is 0 Å². The van der Waals surface area contributed by atoms with Gasteiger partial charge < -0.3 is 15.4 Å². The van der Waals surface area contributed by atoms with E-state index in [4.69, 9.17) is 10.5 Å². The van der Waals surface area contributed by atoms with Gasteiger partial charge in [-0.2, -0.15) is 0 Å². The zero-order valence-corrected chi connectivity index (χ0v) is 10.3. The summed E-state index contributed by atoms with van der Waals surface area (Å²) in [5.74, 6) is 1.71. The van der Waals surface area contributed by atoms with Gasteiger partial charge in [-0.05, 0) is 38.9 Å². The Morgan fingerprint density at radius 1 is 1.56 bits per heavy atom. The summed E-state index contributed by atoms with van der Waals surface area (Å²) in [4.78, 5) is 6.47. The molecule has 1 rings (SSSR count). The van der Waals surface area contributed by atoms with Gasteiger partial charge in [0, 0.05) is 19.3 Å². The van der Waals surface area contributed by atoms with Crippen LogP contribution in [0.5, 0.6) is 5.75 Å². The normalized spacial score (nSPS) is 12.2. The first-order valence-corrected chi connectivity index (χ1v) is 5.71. The summed E-state index contributed by atoms with van der Waals surface area (Å²) in [6.45, 7) is 5.44. The lowest BCUT2D eigenvalue weighted by molar-refractivity contribution is 0.338. The Balaban J connectivity index is 2.84. The third-order valence-corrected chi connectivity index (χ3v) is 2.63. The van der Waals surface area contributed by atoms with Crippen molar-refractivity contribution < 1.29 is 4.74 Å². The largest absolute Gasteiger partial charge is 0.490 e. The first-order valence-electron chi connectivity index (χ1n) is 5.71. The number of hydrogen-bond donors (Lipinski definition) is 1. The van der Waals surface area contributed by atoms with Crippen LogP contribution in [-0.4, -0.2) is 31.2 Å². The third-order valence-electron chi connectivity index (χ3n) is 2.63. The molecule has 16 heavy (non-hydrogen) atoms. The lowest BCUT2D eigenvalue weighted by Crippen LogP contribution is -2.31. The van der Waals surface area contributed by atoms with Gasteiger partial charge in [0.05, 0.1) is 6.61 Å². The van der Waals surface area contributed by atoms with E-state index in [0.29, 0.717) is 19.2 Å². The second-order valence-corrected chi connectivity index (χ2v) is 3.80. The van der Waals surface area contributed by atoms with Gasteiger partial charge in [-0.25, -0.2) is 4.98 Å². The highest BCUT2D eigenvalue weighted by Gasteiger charge is 2.14. The van der Waals surface area contributed by atoms with Crippen LogP contribution in [0.25, 0.3) is 0 Å². The minimum atomic E-state index is 0.360. The van der Waals surface area contributed by atoms with Crippen molar-refractivity contribution in [1.29, 1.82) is 0 Å². The lowest BCUT2D eigenvalue weighted by atomic mass is 10.2. The number of nitrogens with two attached hydrogens (primary N) is 1. The van der Waals surface area contributed by atoms with Crippen LogP contribution in [0.4, 0.5) is 5.82 Å². The van der Waals surface area contributed by atoms with E-state index in [1.54, 1.807) is 6.20 Å². The van der Waals surface area contributed by atoms with Crippen LogP contribution in [-0.2, 0) is 0 Å². The summed E-state index contributed by atoms with van der Waals surface area (Å²) in [6, 6.07) is 4.19. The molecule has 1 unspecified atom stereocenters. The maximum atomic E-state index is 5.56. The Labute approximate surface area is 97.4 Å². The molecular weight excluding hydrogens is 202 g/mol. The van der Waals surface area contributed by atoms with Gasteiger partial charge in [0.2, 0.25) is 0 Å². The van der Waals surface area contributed by atoms with Crippen LogP contribution in [0.2, 0.25) is 0 Å². The molecule has 2 N–H and O–H groups in total. The van der Waals surface area contributed by atoms with Crippen LogP contribution < -0.4 is 15.4 Å². The Morgan fingerprint density at radius 2 is 2.31 bits per heavy atom. The Bertz CT molecular complexity index is 317. The first kappa shape index (κ1) is 12.8. The summed E-state index contributed by atoms with van der Waals surface area (Å²) < 4.78 is 5.55. The molecule has 90 valence electrons. The molecule has 0 amide bonds. The Hall–Kier alpha value is -1.29. The van der Waals surface area contributed by atoms with E-state index in [1.165, 1.54) is 0 Å². The highest BCUT2D eigenvalue weighted by atomic mass is 16.5. The zero-order valence-electron chi connectivity index (χ0n) is 10.3. The topological polar surface area (TPSA) is 51.4 Å². The van der Waals surface area contributed by atoms with Crippen molar-refractivity contribution in [1.82, 2.24) is 4.98 Å². The molecule has 0 radical (unpaired) electrons. The second-order valence-electron chi connectivity index (χ2n) is 3.80. The van der Waals surface area contributed by atoms with E-state index in [2.05, 4.69) is 16.8 Å². The molecular formula is C12H21N3O. The standard InChI is InChI=1S/C12H21N3O/c1-4-16-11-6-5-9-14-12(11)15(3)10(2)7-8-13/h5-6,9-10H,4,7-8,13H2,1-3H3. The van der Waals surface area contributed by atoms with Crippen LogP contribution in [0.3, 0.4) is 0 Å². The molecule has 1 aromatic heterocycles. The van der Waals surface area contributed by atoms with Crippen LogP contribution in [0, 0.1) is 0 Å². The van der Waals surface area contributed by atoms with Crippen LogP contribution in [0.1, 0.15) is 20.3 Å². The van der Waals surface area contributed by atoms with E-state index >= 15 is 0 Å². The average Bonchev–Trinajstić information content (AvgIpc) is 2.29. The van der Waals surface area contributed by atoms with E-state index in [9.17, 15) is 0 Å². The lowest BCUT2D eigenvalue weighted by Gasteiger charge is -2.27. The number of pyridine rings is 1. The van der Waals surface area contributed by atoms with Gasteiger partial charge in [0.25, 0.3) is 0 Å². The molecule has 0 saturated heterocycles. The molecule has 0 bridgehead atoms. The number of anilines is 1. The second kappa shape index (κ2) is 6.33. The number of ether oxygens (including phenoxy) is 1. The molecule has 0 aliphatic carbocycles. The molecule has 0 spiro atoms. The molecule has 4 nitrogen and oxygen atoms in total. The Morgan fingerprint density at radius 3 is 2.94 bits per heavy atom. The zero-order chi connectivity index (χ0) is 12.0. The first-order chi connectivity index (χ1) is 7.70. The fourth-order valence-electron chi connectivity index (χ4n) is 1.56. The number of rotatable bonds is 6. The highest BCUT2D eigenvalue weighted by Crippen LogP contribution is 2.26. The minimum Gasteiger partial charge on any atom is -0.490 e. The maximum absolute atomic E-state index is 5.56. The summed E-state index contributed by atoms with van der Waals surface area (Å²) in [7, 11) is 2.02. The van der Waals surface area contributed by atoms with Gasteiger partial charge >= 0.3 is 0 Å². The van der Waals surface area contributed by atoms with Gasteiger partial charge in [-0.3, -0.25) is 0 Å². The molecule has 0 fully saturated rings. The molecule has 0 aliphatic rings. The predicted octanol–water partition coefficient (Wildman–Crippen LogP) is 1.65. The molecule has 0 saturated carbocycles. The number of nitrogens with zero attached hydrogens (tertiary/aromatic N) is 2. The monoisotopic (exact) mass is 223 g/mol. The molecule has 1 aromatic rings. The van der Waals surface area contributed by atoms with E-state index in [1.807, 2.05) is 26.1 Å². The van der Waals surface area contributed by atoms with Crippen molar-refractivity contribution >= 4 is 5.82 Å². The number of hydrogen-bond acceptors (Lipinski definition) is 4. The van der Waals surface area contributed by atoms with E-state index in [-0.39, 0.29) is 0 Å². The Kier molecular flexibility index (Phi) is 5.05. The van der Waals surface area contributed by atoms with Gasteiger partial charge in [0.1, 0.15) is 0 Å². The summed E-state index contributed by atoms with van der Waals surface area (Å²) in [5.41, 5.74) is 5.56. The van der Waals surface area contributed by atoms with Crippen molar-refractivity contribution in [3.05, 3.63) is 18.3 Å². The molecule has 0 aliphatic heterocycles. The minimum absolute atomic E-state index is 0.360. The fraction of sp³-hybridized carbons (Fsp3) is 0.583. The number of aromatic nitrogens is 1. The van der Waals surface area contributed by atoms with Gasteiger partial charge in [-0.1, -0.05) is 0 Å². The van der Waals surface area contributed by atoms with Gasteiger partial charge in [-0.15, -0.1) is 0 Å². The summed E-state index contributed by atoms with van der Waals surface area (Å²) in [5, 5.41) is 0. The summed E-state index contributed by atoms with van der Waals surface area (Å²) >= 11 is 0. The van der Waals surface area contributed by atoms with Crippen molar-refractivity contribution in [3.8, 4) is 5.75 Å². The van der Waals surface area contributed by atoms with Gasteiger partial charge in [0.15, 0.2) is 11.6 Å². The molecule has 0 aromatic carbocycles. The maximum Gasteiger partial charge on any atom is 0.171 e. The predicted molar refractivity (Wildman–Crippen MR) is 66.9 cm³/mol. The van der Waals surface area contributed by atoms with Crippen LogP contribution >= 0.6 is 0 Å². The van der Waals surface area contributed by atoms with E-state index in [0.717, 1.165) is 18.0 Å². The van der Waals surface area contributed by atoms with Crippen LogP contribution in [0.15, 0.2) is 18.3 Å². The average molecular weight is 223 g/mol. The molecule has 1 atom stereocenters. The summed E-state index contributed by atoms with van der Waals surface area (Å²) in [6.07, 6.45) is 2.72. The third kappa shape index (κ3) is 3.10. The van der Waals surface area contributed by atoms with Crippen molar-refractivity contribution in [2.45, 2.75) is 26.3 Å². The fourth-order valence-corrected chi connectivity index (χ4v) is 1.56. The SMILES string of the molecule is CCOc1cccnc1N(C)C(C)CCN. The quantitative estimate of drug-likeness (QED) is 0.796. The molecule has 1 heterocycles. The highest BCUT2D eigenvalue weighted by molar-refractivity contribution is 5.52. The molecule has 4 heteroatoms.